The van der Waals surface area contributed by atoms with Gasteiger partial charge in [0, 0.05) is 17.5 Å². The molecular weight excluding hydrogens is 228 g/mol. The van der Waals surface area contributed by atoms with Gasteiger partial charge < -0.3 is 5.73 Å². The molecule has 96 valence electrons. The number of thiophene rings is 1. The normalized spacial score (nSPS) is 20.9. The summed E-state index contributed by atoms with van der Waals surface area (Å²) in [5.41, 5.74) is 6.17. The van der Waals surface area contributed by atoms with Gasteiger partial charge in [-0.2, -0.15) is 0 Å². The Bertz CT molecular complexity index is 315. The van der Waals surface area contributed by atoms with Crippen molar-refractivity contribution in [1.82, 2.24) is 4.90 Å². The smallest absolute Gasteiger partial charge is 0.0588 e. The molecule has 0 aromatic carbocycles. The average Bonchev–Trinajstić information content (AvgIpc) is 2.89. The molecule has 0 bridgehead atoms. The van der Waals surface area contributed by atoms with Gasteiger partial charge in [0.2, 0.25) is 0 Å². The molecule has 2 unspecified atom stereocenters. The van der Waals surface area contributed by atoms with Gasteiger partial charge in [-0.1, -0.05) is 18.9 Å². The summed E-state index contributed by atoms with van der Waals surface area (Å²) in [6.45, 7) is 3.32. The highest BCUT2D eigenvalue weighted by atomic mass is 32.1. The number of hydrogen-bond acceptors (Lipinski definition) is 3. The Morgan fingerprint density at radius 2 is 2.18 bits per heavy atom. The van der Waals surface area contributed by atoms with Crippen molar-refractivity contribution >= 4 is 11.3 Å². The third-order valence-electron chi connectivity index (χ3n) is 3.83. The van der Waals surface area contributed by atoms with Crippen LogP contribution in [0.3, 0.4) is 0 Å². The minimum Gasteiger partial charge on any atom is -0.326 e. The lowest BCUT2D eigenvalue weighted by Gasteiger charge is -2.32. The Hall–Kier alpha value is -0.380. The summed E-state index contributed by atoms with van der Waals surface area (Å²) in [5.74, 6) is 0.890. The van der Waals surface area contributed by atoms with Gasteiger partial charge in [-0.15, -0.1) is 11.3 Å². The van der Waals surface area contributed by atoms with Crippen LogP contribution in [0.15, 0.2) is 17.5 Å². The first-order valence-corrected chi connectivity index (χ1v) is 7.55. The molecule has 0 aliphatic heterocycles. The van der Waals surface area contributed by atoms with E-state index in [0.29, 0.717) is 6.04 Å². The van der Waals surface area contributed by atoms with Crippen LogP contribution in [0.2, 0.25) is 0 Å². The van der Waals surface area contributed by atoms with Gasteiger partial charge in [-0.05, 0) is 44.2 Å². The van der Waals surface area contributed by atoms with E-state index >= 15 is 0 Å². The highest BCUT2D eigenvalue weighted by Gasteiger charge is 2.25. The maximum atomic E-state index is 6.17. The van der Waals surface area contributed by atoms with Crippen molar-refractivity contribution in [3.05, 3.63) is 22.4 Å². The fraction of sp³-hybridized carbons (Fsp3) is 0.714. The second-order valence-electron chi connectivity index (χ2n) is 5.41. The third kappa shape index (κ3) is 3.30. The van der Waals surface area contributed by atoms with Crippen LogP contribution in [0.1, 0.15) is 43.5 Å². The number of likely N-dealkylation sites (N-methyl/N-ethyl adjacent to an activating group) is 1. The molecule has 0 radical (unpaired) electrons. The predicted molar refractivity (Wildman–Crippen MR) is 75.3 cm³/mol. The van der Waals surface area contributed by atoms with Crippen molar-refractivity contribution in [2.75, 3.05) is 13.6 Å². The zero-order chi connectivity index (χ0) is 12.3. The number of hydrogen-bond donors (Lipinski definition) is 1. The van der Waals surface area contributed by atoms with Crippen LogP contribution in [-0.4, -0.2) is 24.5 Å². The highest BCUT2D eigenvalue weighted by molar-refractivity contribution is 7.10. The van der Waals surface area contributed by atoms with E-state index < -0.39 is 0 Å². The van der Waals surface area contributed by atoms with E-state index in [2.05, 4.69) is 36.4 Å². The molecule has 2 nitrogen and oxygen atoms in total. The number of nitrogens with zero attached hydrogens (tertiary/aromatic N) is 1. The summed E-state index contributed by atoms with van der Waals surface area (Å²) < 4.78 is 0. The standard InChI is InChI=1S/C14H24N2S/c1-11(15)14(13-8-5-9-17-13)16(2)10-12-6-3-4-7-12/h5,8-9,11-12,14H,3-4,6-7,10,15H2,1-2H3. The van der Waals surface area contributed by atoms with Gasteiger partial charge >= 0.3 is 0 Å². The number of nitrogens with two attached hydrogens (primary N) is 1. The van der Waals surface area contributed by atoms with Crippen LogP contribution in [-0.2, 0) is 0 Å². The Balaban J connectivity index is 2.00. The average molecular weight is 252 g/mol. The van der Waals surface area contributed by atoms with Crippen molar-refractivity contribution in [2.45, 2.75) is 44.7 Å². The van der Waals surface area contributed by atoms with E-state index in [1.807, 2.05) is 11.3 Å². The second kappa shape index (κ2) is 5.98. The minimum absolute atomic E-state index is 0.194. The monoisotopic (exact) mass is 252 g/mol. The second-order valence-corrected chi connectivity index (χ2v) is 6.39. The molecule has 1 aromatic heterocycles. The highest BCUT2D eigenvalue weighted by Crippen LogP contribution is 2.31. The first-order chi connectivity index (χ1) is 8.18. The molecule has 2 N–H and O–H groups in total. The van der Waals surface area contributed by atoms with E-state index in [4.69, 9.17) is 5.73 Å². The van der Waals surface area contributed by atoms with Gasteiger partial charge in [0.05, 0.1) is 6.04 Å². The molecule has 17 heavy (non-hydrogen) atoms. The Morgan fingerprint density at radius 1 is 1.47 bits per heavy atom. The minimum atomic E-state index is 0.194. The molecule has 1 fully saturated rings. The summed E-state index contributed by atoms with van der Waals surface area (Å²) >= 11 is 1.82. The van der Waals surface area contributed by atoms with Crippen molar-refractivity contribution in [1.29, 1.82) is 0 Å². The van der Waals surface area contributed by atoms with Crippen molar-refractivity contribution in [3.63, 3.8) is 0 Å². The van der Waals surface area contributed by atoms with Gasteiger partial charge in [0.25, 0.3) is 0 Å². The molecule has 2 rings (SSSR count). The Kier molecular flexibility index (Phi) is 4.60. The van der Waals surface area contributed by atoms with E-state index in [9.17, 15) is 0 Å². The molecule has 0 saturated heterocycles. The van der Waals surface area contributed by atoms with Crippen LogP contribution in [0, 0.1) is 5.92 Å². The van der Waals surface area contributed by atoms with Crippen molar-refractivity contribution < 1.29 is 0 Å². The van der Waals surface area contributed by atoms with Crippen LogP contribution >= 0.6 is 11.3 Å². The van der Waals surface area contributed by atoms with Crippen molar-refractivity contribution in [2.24, 2.45) is 11.7 Å². The van der Waals surface area contributed by atoms with Crippen LogP contribution in [0.5, 0.6) is 0 Å². The molecule has 0 spiro atoms. The lowest BCUT2D eigenvalue weighted by atomic mass is 10.0. The summed E-state index contributed by atoms with van der Waals surface area (Å²) in [4.78, 5) is 3.87. The van der Waals surface area contributed by atoms with Gasteiger partial charge in [-0.25, -0.2) is 0 Å². The summed E-state index contributed by atoms with van der Waals surface area (Å²) in [5, 5.41) is 2.15. The molecule has 0 amide bonds. The molecule has 1 heterocycles. The molecule has 2 atom stereocenters. The van der Waals surface area contributed by atoms with Crippen LogP contribution in [0.25, 0.3) is 0 Å². The van der Waals surface area contributed by atoms with Gasteiger partial charge in [-0.3, -0.25) is 4.90 Å². The molecule has 3 heteroatoms. The maximum absolute atomic E-state index is 6.17. The molecular formula is C14H24N2S. The lowest BCUT2D eigenvalue weighted by molar-refractivity contribution is 0.190. The first-order valence-electron chi connectivity index (χ1n) is 6.67. The molecule has 1 aromatic rings. The molecule has 1 saturated carbocycles. The van der Waals surface area contributed by atoms with Gasteiger partial charge in [0.15, 0.2) is 0 Å². The van der Waals surface area contributed by atoms with E-state index in [1.54, 1.807) is 0 Å². The van der Waals surface area contributed by atoms with E-state index in [1.165, 1.54) is 37.1 Å². The Morgan fingerprint density at radius 3 is 2.71 bits per heavy atom. The van der Waals surface area contributed by atoms with E-state index in [0.717, 1.165) is 5.92 Å². The zero-order valence-electron chi connectivity index (χ0n) is 10.9. The van der Waals surface area contributed by atoms with Crippen LogP contribution < -0.4 is 5.73 Å². The summed E-state index contributed by atoms with van der Waals surface area (Å²) in [6.07, 6.45) is 5.64. The Labute approximate surface area is 109 Å². The summed E-state index contributed by atoms with van der Waals surface area (Å²) in [7, 11) is 2.23. The quantitative estimate of drug-likeness (QED) is 0.871. The topological polar surface area (TPSA) is 29.3 Å². The fourth-order valence-corrected chi connectivity index (χ4v) is 4.06. The molecule has 1 aliphatic rings. The third-order valence-corrected chi connectivity index (χ3v) is 4.77. The zero-order valence-corrected chi connectivity index (χ0v) is 11.7. The SMILES string of the molecule is CC(N)C(c1cccs1)N(C)CC1CCCC1. The fourth-order valence-electron chi connectivity index (χ4n) is 3.05. The van der Waals surface area contributed by atoms with Gasteiger partial charge in [0.1, 0.15) is 0 Å². The molecule has 1 aliphatic carbocycles. The van der Waals surface area contributed by atoms with Crippen LogP contribution in [0.4, 0.5) is 0 Å². The number of rotatable bonds is 5. The summed E-state index contributed by atoms with van der Waals surface area (Å²) in [6, 6.07) is 4.92. The van der Waals surface area contributed by atoms with E-state index in [-0.39, 0.29) is 6.04 Å². The van der Waals surface area contributed by atoms with Crippen molar-refractivity contribution in [3.8, 4) is 0 Å². The first kappa shape index (κ1) is 13.1. The predicted octanol–water partition coefficient (Wildman–Crippen LogP) is 3.26. The maximum Gasteiger partial charge on any atom is 0.0588 e. The largest absolute Gasteiger partial charge is 0.326 e. The lowest BCUT2D eigenvalue weighted by Crippen LogP contribution is -2.38.